The molecule has 0 saturated heterocycles. The van der Waals surface area contributed by atoms with Crippen molar-refractivity contribution in [2.45, 2.75) is 52.2 Å². The van der Waals surface area contributed by atoms with E-state index in [-0.39, 0.29) is 36.4 Å². The van der Waals surface area contributed by atoms with Gasteiger partial charge in [0.15, 0.2) is 22.5 Å². The molecule has 0 spiro atoms. The summed E-state index contributed by atoms with van der Waals surface area (Å²) in [7, 11) is -0.727. The van der Waals surface area contributed by atoms with Gasteiger partial charge in [-0.2, -0.15) is 0 Å². The third-order valence-electron chi connectivity index (χ3n) is 5.29. The van der Waals surface area contributed by atoms with Gasteiger partial charge in [0, 0.05) is 58.7 Å². The fourth-order valence-electron chi connectivity index (χ4n) is 3.47. The monoisotopic (exact) mass is 613 g/mol. The summed E-state index contributed by atoms with van der Waals surface area (Å²) in [4.78, 5) is 16.0. The van der Waals surface area contributed by atoms with Gasteiger partial charge >= 0.3 is 6.09 Å². The molecular weight excluding hydrogens is 580 g/mol. The van der Waals surface area contributed by atoms with Crippen LogP contribution in [0.4, 0.5) is 19.3 Å². The second-order valence-electron chi connectivity index (χ2n) is 10.4. The van der Waals surface area contributed by atoms with E-state index in [1.165, 1.54) is 12.3 Å². The lowest BCUT2D eigenvalue weighted by Gasteiger charge is -2.19. The Balaban J connectivity index is 1.62. The maximum Gasteiger partial charge on any atom is 0.407 e. The summed E-state index contributed by atoms with van der Waals surface area (Å²) in [6.07, 6.45) is 2.56. The standard InChI is InChI=1S/C26H34ClF2N5O4SSi/c1-26(2,3)38-25(35)32-9-8-31-24(39)33-16-12-18(28)22(19(29)13-16)37-20-6-7-30-23-21(20)17(27)14-34(23)15-36-10-11-40(4)5/h6-7,12-14,40H,8-11,15H2,1-5H3,(H,32,35)(H2,31,33,39). The molecule has 2 heterocycles. The quantitative estimate of drug-likeness (QED) is 0.137. The summed E-state index contributed by atoms with van der Waals surface area (Å²) in [5, 5.41) is 8.96. The summed E-state index contributed by atoms with van der Waals surface area (Å²) in [5.41, 5.74) is -0.0613. The van der Waals surface area contributed by atoms with Crippen molar-refractivity contribution >= 4 is 60.5 Å². The van der Waals surface area contributed by atoms with Crippen LogP contribution in [0, 0.1) is 11.6 Å². The third-order valence-corrected chi connectivity index (χ3v) is 7.21. The van der Waals surface area contributed by atoms with Gasteiger partial charge in [-0.3, -0.25) is 0 Å². The summed E-state index contributed by atoms with van der Waals surface area (Å²) < 4.78 is 48.2. The van der Waals surface area contributed by atoms with E-state index in [9.17, 15) is 13.6 Å². The number of carbonyl (C=O) groups excluding carboxylic acids is 1. The van der Waals surface area contributed by atoms with Gasteiger partial charge < -0.3 is 34.7 Å². The molecule has 2 aromatic heterocycles. The van der Waals surface area contributed by atoms with E-state index in [0.29, 0.717) is 22.7 Å². The Morgan fingerprint density at radius 3 is 2.50 bits per heavy atom. The molecular formula is C26H34ClF2N5O4SSi. The van der Waals surface area contributed by atoms with Crippen LogP contribution in [0.2, 0.25) is 24.2 Å². The molecule has 3 rings (SSSR count). The highest BCUT2D eigenvalue weighted by atomic mass is 35.5. The van der Waals surface area contributed by atoms with Gasteiger partial charge in [0.1, 0.15) is 23.7 Å². The molecule has 40 heavy (non-hydrogen) atoms. The first-order valence-electron chi connectivity index (χ1n) is 12.7. The van der Waals surface area contributed by atoms with Crippen molar-refractivity contribution < 1.29 is 27.8 Å². The van der Waals surface area contributed by atoms with Crippen LogP contribution in [-0.4, -0.2) is 54.9 Å². The average Bonchev–Trinajstić information content (AvgIpc) is 3.17. The highest BCUT2D eigenvalue weighted by molar-refractivity contribution is 7.80. The summed E-state index contributed by atoms with van der Waals surface area (Å²) in [6, 6.07) is 4.65. The zero-order valence-electron chi connectivity index (χ0n) is 23.1. The minimum Gasteiger partial charge on any atom is -0.450 e. The number of nitrogens with one attached hydrogen (secondary N) is 3. The van der Waals surface area contributed by atoms with Crippen molar-refractivity contribution in [3.05, 3.63) is 47.2 Å². The number of amides is 1. The van der Waals surface area contributed by atoms with Gasteiger partial charge in [0.05, 0.1) is 10.4 Å². The van der Waals surface area contributed by atoms with E-state index in [4.69, 9.17) is 38.0 Å². The number of nitrogens with zero attached hydrogens (tertiary/aromatic N) is 2. The maximum absolute atomic E-state index is 15.0. The van der Waals surface area contributed by atoms with Crippen molar-refractivity contribution in [3.63, 3.8) is 0 Å². The number of benzene rings is 1. The zero-order chi connectivity index (χ0) is 29.4. The fraction of sp³-hybridized carbons (Fsp3) is 0.423. The van der Waals surface area contributed by atoms with Gasteiger partial charge in [-0.25, -0.2) is 18.6 Å². The van der Waals surface area contributed by atoms with Gasteiger partial charge in [0.2, 0.25) is 0 Å². The second kappa shape index (κ2) is 14.1. The molecule has 0 saturated carbocycles. The number of alkyl carbamates (subject to hydrolysis) is 1. The minimum atomic E-state index is -0.946. The Labute approximate surface area is 244 Å². The van der Waals surface area contributed by atoms with Crippen molar-refractivity contribution in [2.24, 2.45) is 0 Å². The Morgan fingerprint density at radius 1 is 1.18 bits per heavy atom. The van der Waals surface area contributed by atoms with E-state index < -0.39 is 37.9 Å². The molecule has 3 aromatic rings. The molecule has 9 nitrogen and oxygen atoms in total. The van der Waals surface area contributed by atoms with E-state index in [1.807, 2.05) is 0 Å². The van der Waals surface area contributed by atoms with Crippen molar-refractivity contribution in [1.82, 2.24) is 20.2 Å². The van der Waals surface area contributed by atoms with E-state index >= 15 is 0 Å². The molecule has 0 fully saturated rings. The molecule has 0 aliphatic heterocycles. The average molecular weight is 614 g/mol. The molecule has 1 aromatic carbocycles. The lowest BCUT2D eigenvalue weighted by atomic mass is 10.2. The number of pyridine rings is 1. The number of hydrogen-bond donors (Lipinski definition) is 3. The Kier molecular flexibility index (Phi) is 11.1. The highest BCUT2D eigenvalue weighted by Crippen LogP contribution is 2.37. The first-order valence-corrected chi connectivity index (χ1v) is 16.6. The molecule has 3 N–H and O–H groups in total. The van der Waals surface area contributed by atoms with Gasteiger partial charge in [-0.05, 0) is 45.1 Å². The molecule has 0 unspecified atom stereocenters. The number of ether oxygens (including phenoxy) is 3. The number of rotatable bonds is 11. The zero-order valence-corrected chi connectivity index (χ0v) is 25.8. The molecule has 0 aliphatic rings. The number of anilines is 1. The number of thiocarbonyl (C=S) groups is 1. The Hall–Kier alpha value is -3.00. The fourth-order valence-corrected chi connectivity index (χ4v) is 4.63. The van der Waals surface area contributed by atoms with E-state index in [0.717, 1.165) is 18.2 Å². The van der Waals surface area contributed by atoms with Crippen LogP contribution in [0.1, 0.15) is 20.8 Å². The molecule has 0 radical (unpaired) electrons. The number of halogens is 3. The number of carbonyl (C=O) groups is 1. The smallest absolute Gasteiger partial charge is 0.407 e. The molecule has 0 atom stereocenters. The first-order chi connectivity index (χ1) is 18.8. The SMILES string of the molecule is C[SiH](C)CCOCn1cc(Cl)c2c(Oc3c(F)cc(NC(=S)NCCNC(=O)OC(C)(C)C)cc3F)ccnc21. The van der Waals surface area contributed by atoms with Crippen molar-refractivity contribution in [1.29, 1.82) is 0 Å². The van der Waals surface area contributed by atoms with Crippen LogP contribution >= 0.6 is 23.8 Å². The number of hydrogen-bond acceptors (Lipinski definition) is 6. The molecule has 0 aliphatic carbocycles. The van der Waals surface area contributed by atoms with Crippen LogP contribution in [0.25, 0.3) is 11.0 Å². The molecule has 218 valence electrons. The first kappa shape index (κ1) is 31.5. The summed E-state index contributed by atoms with van der Waals surface area (Å²) in [6.45, 7) is 11.1. The van der Waals surface area contributed by atoms with E-state index in [2.05, 4.69) is 34.0 Å². The van der Waals surface area contributed by atoms with E-state index in [1.54, 1.807) is 31.5 Å². The second-order valence-corrected chi connectivity index (χ2v) is 14.5. The van der Waals surface area contributed by atoms with Gasteiger partial charge in [0.25, 0.3) is 0 Å². The largest absolute Gasteiger partial charge is 0.450 e. The van der Waals surface area contributed by atoms with Gasteiger partial charge in [-0.15, -0.1) is 0 Å². The normalized spacial score (nSPS) is 11.5. The topological polar surface area (TPSA) is 98.7 Å². The van der Waals surface area contributed by atoms with Crippen molar-refractivity contribution in [2.75, 3.05) is 25.0 Å². The minimum absolute atomic E-state index is 0.0746. The van der Waals surface area contributed by atoms with Crippen LogP contribution in [0.3, 0.4) is 0 Å². The number of aromatic nitrogens is 2. The van der Waals surface area contributed by atoms with Crippen LogP contribution < -0.4 is 20.7 Å². The predicted octanol–water partition coefficient (Wildman–Crippen LogP) is 6.03. The molecule has 14 heteroatoms. The van der Waals surface area contributed by atoms with Gasteiger partial charge in [-0.1, -0.05) is 24.7 Å². The van der Waals surface area contributed by atoms with Crippen LogP contribution in [0.5, 0.6) is 11.5 Å². The Morgan fingerprint density at radius 2 is 1.85 bits per heavy atom. The van der Waals surface area contributed by atoms with Crippen LogP contribution in [0.15, 0.2) is 30.6 Å². The molecule has 0 bridgehead atoms. The summed E-state index contributed by atoms with van der Waals surface area (Å²) in [5.74, 6) is -2.34. The van der Waals surface area contributed by atoms with Crippen LogP contribution in [-0.2, 0) is 16.2 Å². The molecule has 1 amide bonds. The maximum atomic E-state index is 15.0. The van der Waals surface area contributed by atoms with Crippen molar-refractivity contribution in [3.8, 4) is 11.5 Å². The number of fused-ring (bicyclic) bond motifs is 1. The third kappa shape index (κ3) is 9.29. The summed E-state index contributed by atoms with van der Waals surface area (Å²) >= 11 is 11.6. The Bertz CT molecular complexity index is 1330. The lowest BCUT2D eigenvalue weighted by Crippen LogP contribution is -2.39. The lowest BCUT2D eigenvalue weighted by molar-refractivity contribution is 0.0529. The highest BCUT2D eigenvalue weighted by Gasteiger charge is 2.19. The predicted molar refractivity (Wildman–Crippen MR) is 159 cm³/mol.